The first-order valence-electron chi connectivity index (χ1n) is 11.7. The first-order valence-corrected chi connectivity index (χ1v) is 11.7. The van der Waals surface area contributed by atoms with Gasteiger partial charge in [0.25, 0.3) is 0 Å². The van der Waals surface area contributed by atoms with E-state index in [0.717, 1.165) is 22.3 Å². The lowest BCUT2D eigenvalue weighted by molar-refractivity contribution is -0.135. The first kappa shape index (κ1) is 21.4. The van der Waals surface area contributed by atoms with Gasteiger partial charge in [-0.3, -0.25) is 9.59 Å². The van der Waals surface area contributed by atoms with Crippen LogP contribution in [0.4, 0.5) is 0 Å². The minimum Gasteiger partial charge on any atom is -0.486 e. The number of likely N-dealkylation sites (tertiary alicyclic amines) is 1. The van der Waals surface area contributed by atoms with Gasteiger partial charge in [0.2, 0.25) is 5.91 Å². The fourth-order valence-corrected chi connectivity index (χ4v) is 5.11. The SMILES string of the molecule is Cc1cc2c(cc1C)C(=O)CC1(CCN(C(=O)C(c3ccccc3)c3ccccc3)CC1)O2. The minimum absolute atomic E-state index is 0.108. The summed E-state index contributed by atoms with van der Waals surface area (Å²) in [4.78, 5) is 28.6. The lowest BCUT2D eigenvalue weighted by Gasteiger charge is -2.44. The predicted octanol–water partition coefficient (Wildman–Crippen LogP) is 5.46. The Kier molecular flexibility index (Phi) is 5.53. The maximum atomic E-state index is 13.7. The zero-order chi connectivity index (χ0) is 23.0. The number of carbonyl (C=O) groups excluding carboxylic acids is 2. The lowest BCUT2D eigenvalue weighted by atomic mass is 9.81. The molecule has 0 unspecified atom stereocenters. The predicted molar refractivity (Wildman–Crippen MR) is 129 cm³/mol. The number of ether oxygens (including phenoxy) is 1. The second-order valence-corrected chi connectivity index (χ2v) is 9.40. The Balaban J connectivity index is 1.36. The average Bonchev–Trinajstić information content (AvgIpc) is 2.82. The maximum Gasteiger partial charge on any atom is 0.234 e. The standard InChI is InChI=1S/C29H29NO3/c1-20-17-24-25(31)19-29(33-26(24)18-21(20)2)13-15-30(16-14-29)28(32)27(22-9-5-3-6-10-22)23-11-7-4-8-12-23/h3-12,17-18,27H,13-16,19H2,1-2H3. The molecule has 5 rings (SSSR count). The van der Waals surface area contributed by atoms with Crippen molar-refractivity contribution in [3.05, 3.63) is 101 Å². The van der Waals surface area contributed by atoms with Crippen LogP contribution < -0.4 is 4.74 Å². The van der Waals surface area contributed by atoms with E-state index in [4.69, 9.17) is 4.74 Å². The van der Waals surface area contributed by atoms with Crippen molar-refractivity contribution >= 4 is 11.7 Å². The van der Waals surface area contributed by atoms with Crippen LogP contribution in [0.3, 0.4) is 0 Å². The van der Waals surface area contributed by atoms with Gasteiger partial charge in [-0.25, -0.2) is 0 Å². The molecule has 1 saturated heterocycles. The Morgan fingerprint density at radius 2 is 1.42 bits per heavy atom. The van der Waals surface area contributed by atoms with Crippen LogP contribution in [-0.2, 0) is 4.79 Å². The highest BCUT2D eigenvalue weighted by Gasteiger charge is 2.44. The van der Waals surface area contributed by atoms with Gasteiger partial charge in [-0.1, -0.05) is 60.7 Å². The third kappa shape index (κ3) is 4.06. The number of amides is 1. The molecule has 0 saturated carbocycles. The molecule has 2 aliphatic heterocycles. The fourth-order valence-electron chi connectivity index (χ4n) is 5.11. The van der Waals surface area contributed by atoms with Crippen molar-refractivity contribution in [3.8, 4) is 5.75 Å². The van der Waals surface area contributed by atoms with E-state index in [0.29, 0.717) is 43.7 Å². The van der Waals surface area contributed by atoms with Crippen LogP contribution in [0.1, 0.15) is 57.8 Å². The van der Waals surface area contributed by atoms with E-state index in [-0.39, 0.29) is 17.6 Å². The normalized spacial score (nSPS) is 17.1. The van der Waals surface area contributed by atoms with Crippen LogP contribution in [-0.4, -0.2) is 35.3 Å². The van der Waals surface area contributed by atoms with E-state index in [9.17, 15) is 9.59 Å². The molecule has 4 heteroatoms. The summed E-state index contributed by atoms with van der Waals surface area (Å²) in [5, 5.41) is 0. The van der Waals surface area contributed by atoms with Gasteiger partial charge in [0, 0.05) is 25.9 Å². The van der Waals surface area contributed by atoms with E-state index in [2.05, 4.69) is 0 Å². The molecule has 0 N–H and O–H groups in total. The monoisotopic (exact) mass is 439 g/mol. The van der Waals surface area contributed by atoms with Crippen LogP contribution in [0, 0.1) is 13.8 Å². The topological polar surface area (TPSA) is 46.6 Å². The Bertz CT molecular complexity index is 1140. The Labute approximate surface area is 195 Å². The second kappa shape index (κ2) is 8.51. The maximum absolute atomic E-state index is 13.7. The van der Waals surface area contributed by atoms with Crippen molar-refractivity contribution in [1.29, 1.82) is 0 Å². The molecule has 0 atom stereocenters. The molecule has 1 amide bonds. The molecule has 168 valence electrons. The molecule has 2 heterocycles. The van der Waals surface area contributed by atoms with E-state index in [1.54, 1.807) is 0 Å². The lowest BCUT2D eigenvalue weighted by Crippen LogP contribution is -2.53. The van der Waals surface area contributed by atoms with Crippen molar-refractivity contribution in [1.82, 2.24) is 4.90 Å². The quantitative estimate of drug-likeness (QED) is 0.544. The molecule has 0 radical (unpaired) electrons. The smallest absolute Gasteiger partial charge is 0.234 e. The zero-order valence-corrected chi connectivity index (χ0v) is 19.2. The number of ketones is 1. The van der Waals surface area contributed by atoms with Crippen molar-refractivity contribution in [3.63, 3.8) is 0 Å². The highest BCUT2D eigenvalue weighted by Crippen LogP contribution is 2.41. The molecule has 0 aromatic heterocycles. The van der Waals surface area contributed by atoms with Crippen molar-refractivity contribution in [2.24, 2.45) is 0 Å². The van der Waals surface area contributed by atoms with Crippen LogP contribution in [0.25, 0.3) is 0 Å². The zero-order valence-electron chi connectivity index (χ0n) is 19.2. The molecule has 1 spiro atoms. The molecule has 4 nitrogen and oxygen atoms in total. The fraction of sp³-hybridized carbons (Fsp3) is 0.310. The third-order valence-electron chi connectivity index (χ3n) is 7.20. The van der Waals surface area contributed by atoms with Gasteiger partial charge in [-0.15, -0.1) is 0 Å². The molecule has 0 aliphatic carbocycles. The molecule has 0 bridgehead atoms. The van der Waals surface area contributed by atoms with E-state index >= 15 is 0 Å². The van der Waals surface area contributed by atoms with Crippen LogP contribution in [0.5, 0.6) is 5.75 Å². The van der Waals surface area contributed by atoms with Crippen LogP contribution >= 0.6 is 0 Å². The summed E-state index contributed by atoms with van der Waals surface area (Å²) in [6.45, 7) is 5.23. The molecule has 2 aliphatic rings. The number of rotatable bonds is 3. The second-order valence-electron chi connectivity index (χ2n) is 9.40. The number of piperidine rings is 1. The van der Waals surface area contributed by atoms with Gasteiger partial charge in [-0.2, -0.15) is 0 Å². The summed E-state index contributed by atoms with van der Waals surface area (Å²) in [7, 11) is 0. The van der Waals surface area contributed by atoms with E-state index in [1.165, 1.54) is 0 Å². The van der Waals surface area contributed by atoms with E-state index < -0.39 is 5.60 Å². The summed E-state index contributed by atoms with van der Waals surface area (Å²) < 4.78 is 6.47. The number of nitrogens with zero attached hydrogens (tertiary/aromatic N) is 1. The van der Waals surface area contributed by atoms with Gasteiger partial charge in [-0.05, 0) is 48.2 Å². The van der Waals surface area contributed by atoms with Gasteiger partial charge in [0.1, 0.15) is 11.4 Å². The molecule has 33 heavy (non-hydrogen) atoms. The van der Waals surface area contributed by atoms with Crippen molar-refractivity contribution < 1.29 is 14.3 Å². The Hall–Kier alpha value is -3.40. The highest BCUT2D eigenvalue weighted by molar-refractivity contribution is 6.00. The number of aryl methyl sites for hydroxylation is 2. The van der Waals surface area contributed by atoms with Crippen LogP contribution in [0.2, 0.25) is 0 Å². The summed E-state index contributed by atoms with van der Waals surface area (Å²) in [6.07, 6.45) is 1.70. The number of carbonyl (C=O) groups is 2. The first-order chi connectivity index (χ1) is 16.0. The summed E-state index contributed by atoms with van der Waals surface area (Å²) in [6, 6.07) is 23.9. The summed E-state index contributed by atoms with van der Waals surface area (Å²) in [5.41, 5.74) is 4.40. The van der Waals surface area contributed by atoms with Gasteiger partial charge < -0.3 is 9.64 Å². The number of hydrogen-bond acceptors (Lipinski definition) is 3. The number of benzene rings is 3. The third-order valence-corrected chi connectivity index (χ3v) is 7.20. The molecular weight excluding hydrogens is 410 g/mol. The molecular formula is C29H29NO3. The van der Waals surface area contributed by atoms with Gasteiger partial charge in [0.15, 0.2) is 5.78 Å². The summed E-state index contributed by atoms with van der Waals surface area (Å²) in [5.74, 6) is 0.615. The summed E-state index contributed by atoms with van der Waals surface area (Å²) >= 11 is 0. The largest absolute Gasteiger partial charge is 0.486 e. The van der Waals surface area contributed by atoms with Crippen molar-refractivity contribution in [2.75, 3.05) is 13.1 Å². The number of Topliss-reactive ketones (excluding diaryl/α,β-unsaturated/α-hetero) is 1. The number of hydrogen-bond donors (Lipinski definition) is 0. The Morgan fingerprint density at radius 1 is 0.879 bits per heavy atom. The molecule has 1 fully saturated rings. The van der Waals surface area contributed by atoms with E-state index in [1.807, 2.05) is 91.5 Å². The van der Waals surface area contributed by atoms with Gasteiger partial charge in [0.05, 0.1) is 17.9 Å². The highest BCUT2D eigenvalue weighted by atomic mass is 16.5. The molecule has 3 aromatic rings. The van der Waals surface area contributed by atoms with Crippen LogP contribution in [0.15, 0.2) is 72.8 Å². The molecule has 3 aromatic carbocycles. The van der Waals surface area contributed by atoms with Gasteiger partial charge >= 0.3 is 0 Å². The minimum atomic E-state index is -0.516. The van der Waals surface area contributed by atoms with Crippen molar-refractivity contribution in [2.45, 2.75) is 44.6 Å². The average molecular weight is 440 g/mol. The Morgan fingerprint density at radius 3 is 2.00 bits per heavy atom. The number of fused-ring (bicyclic) bond motifs is 1.